The minimum absolute atomic E-state index is 0.0323. The number of primary sulfonamides is 1. The molecule has 0 saturated carbocycles. The topological polar surface area (TPSA) is 106 Å². The van der Waals surface area contributed by atoms with Gasteiger partial charge in [0.25, 0.3) is 0 Å². The van der Waals surface area contributed by atoms with Crippen LogP contribution < -0.4 is 10.5 Å². The average Bonchev–Trinajstić information content (AvgIpc) is 2.44. The Morgan fingerprint density at radius 2 is 1.59 bits per heavy atom. The summed E-state index contributed by atoms with van der Waals surface area (Å²) in [6.45, 7) is 0.429. The van der Waals surface area contributed by atoms with Crippen LogP contribution in [0.4, 0.5) is 5.69 Å². The fraction of sp³-hybridized carbons (Fsp3) is 0.143. The Hall–Kier alpha value is -1.90. The molecular formula is C14H16N2O4S2. The van der Waals surface area contributed by atoms with E-state index in [0.717, 1.165) is 11.8 Å². The molecule has 3 N–H and O–H groups in total. The highest BCUT2D eigenvalue weighted by molar-refractivity contribution is 7.90. The van der Waals surface area contributed by atoms with E-state index in [4.69, 9.17) is 5.14 Å². The van der Waals surface area contributed by atoms with E-state index in [2.05, 4.69) is 5.32 Å². The molecule has 0 aromatic heterocycles. The van der Waals surface area contributed by atoms with Gasteiger partial charge in [-0.05, 0) is 35.9 Å². The summed E-state index contributed by atoms with van der Waals surface area (Å²) in [6, 6.07) is 12.6. The predicted octanol–water partition coefficient (Wildman–Crippen LogP) is 1.35. The molecule has 6 nitrogen and oxygen atoms in total. The van der Waals surface area contributed by atoms with E-state index in [-0.39, 0.29) is 9.79 Å². The maximum absolute atomic E-state index is 11.4. The zero-order valence-electron chi connectivity index (χ0n) is 11.9. The third-order valence-electron chi connectivity index (χ3n) is 3.01. The first-order valence-electron chi connectivity index (χ1n) is 6.32. The summed E-state index contributed by atoms with van der Waals surface area (Å²) in [5, 5.41) is 8.14. The lowest BCUT2D eigenvalue weighted by Crippen LogP contribution is -2.12. The van der Waals surface area contributed by atoms with Crippen molar-refractivity contribution in [2.75, 3.05) is 11.6 Å². The van der Waals surface area contributed by atoms with Crippen LogP contribution in [0.1, 0.15) is 5.56 Å². The van der Waals surface area contributed by atoms with Crippen molar-refractivity contribution in [2.45, 2.75) is 16.3 Å². The maximum Gasteiger partial charge on any atom is 0.238 e. The number of rotatable bonds is 5. The third kappa shape index (κ3) is 4.30. The highest BCUT2D eigenvalue weighted by Crippen LogP contribution is 2.16. The van der Waals surface area contributed by atoms with Gasteiger partial charge in [-0.15, -0.1) is 0 Å². The summed E-state index contributed by atoms with van der Waals surface area (Å²) in [5.41, 5.74) is 1.48. The normalized spacial score (nSPS) is 12.1. The SMILES string of the molecule is CS(=O)(=O)c1ccc(CNc2cccc(S(N)(=O)=O)c2)cc1. The van der Waals surface area contributed by atoms with E-state index in [1.807, 2.05) is 0 Å². The van der Waals surface area contributed by atoms with Crippen LogP contribution in [-0.4, -0.2) is 23.1 Å². The molecular weight excluding hydrogens is 324 g/mol. The number of hydrogen-bond donors (Lipinski definition) is 2. The summed E-state index contributed by atoms with van der Waals surface area (Å²) in [6.07, 6.45) is 1.15. The molecule has 0 fully saturated rings. The van der Waals surface area contributed by atoms with Gasteiger partial charge in [0.1, 0.15) is 0 Å². The standard InChI is InChI=1S/C14H16N2O4S2/c1-21(17,18)13-7-5-11(6-8-13)10-16-12-3-2-4-14(9-12)22(15,19)20/h2-9,16H,10H2,1H3,(H2,15,19,20). The van der Waals surface area contributed by atoms with Crippen LogP contribution in [0, 0.1) is 0 Å². The number of hydrogen-bond acceptors (Lipinski definition) is 5. The van der Waals surface area contributed by atoms with Crippen molar-refractivity contribution in [2.24, 2.45) is 5.14 Å². The van der Waals surface area contributed by atoms with Gasteiger partial charge >= 0.3 is 0 Å². The van der Waals surface area contributed by atoms with Crippen LogP contribution in [0.15, 0.2) is 58.3 Å². The van der Waals surface area contributed by atoms with E-state index in [0.29, 0.717) is 12.2 Å². The maximum atomic E-state index is 11.4. The molecule has 2 rings (SSSR count). The number of sulfone groups is 1. The number of nitrogens with one attached hydrogen (secondary N) is 1. The lowest BCUT2D eigenvalue weighted by molar-refractivity contribution is 0.597. The second kappa shape index (κ2) is 6.07. The van der Waals surface area contributed by atoms with E-state index in [9.17, 15) is 16.8 Å². The number of sulfonamides is 1. The molecule has 0 heterocycles. The Morgan fingerprint density at radius 1 is 0.955 bits per heavy atom. The molecule has 2 aromatic rings. The van der Waals surface area contributed by atoms with E-state index < -0.39 is 19.9 Å². The van der Waals surface area contributed by atoms with Crippen molar-refractivity contribution < 1.29 is 16.8 Å². The summed E-state index contributed by atoms with van der Waals surface area (Å²) in [5.74, 6) is 0. The Bertz CT molecular complexity index is 873. The van der Waals surface area contributed by atoms with Gasteiger partial charge in [0.05, 0.1) is 9.79 Å². The van der Waals surface area contributed by atoms with Gasteiger partial charge in [0, 0.05) is 18.5 Å². The Kier molecular flexibility index (Phi) is 4.55. The lowest BCUT2D eigenvalue weighted by atomic mass is 10.2. The van der Waals surface area contributed by atoms with E-state index in [1.165, 1.54) is 24.3 Å². The highest BCUT2D eigenvalue weighted by Gasteiger charge is 2.08. The molecule has 0 saturated heterocycles. The minimum Gasteiger partial charge on any atom is -0.381 e. The smallest absolute Gasteiger partial charge is 0.238 e. The lowest BCUT2D eigenvalue weighted by Gasteiger charge is -2.08. The molecule has 8 heteroatoms. The van der Waals surface area contributed by atoms with Gasteiger partial charge in [-0.2, -0.15) is 0 Å². The molecule has 0 amide bonds. The predicted molar refractivity (Wildman–Crippen MR) is 84.7 cm³/mol. The Balaban J connectivity index is 2.11. The van der Waals surface area contributed by atoms with Gasteiger partial charge in [-0.25, -0.2) is 22.0 Å². The minimum atomic E-state index is -3.74. The first-order valence-corrected chi connectivity index (χ1v) is 9.76. The largest absolute Gasteiger partial charge is 0.381 e. The van der Waals surface area contributed by atoms with Crippen LogP contribution in [0.25, 0.3) is 0 Å². The fourth-order valence-corrected chi connectivity index (χ4v) is 3.03. The molecule has 0 spiro atoms. The van der Waals surface area contributed by atoms with Crippen LogP contribution in [0.2, 0.25) is 0 Å². The van der Waals surface area contributed by atoms with Crippen LogP contribution >= 0.6 is 0 Å². The summed E-state index contributed by atoms with van der Waals surface area (Å²) in [4.78, 5) is 0.289. The molecule has 0 unspecified atom stereocenters. The molecule has 0 bridgehead atoms. The second-order valence-corrected chi connectivity index (χ2v) is 8.42. The number of anilines is 1. The van der Waals surface area contributed by atoms with Crippen molar-refractivity contribution in [3.63, 3.8) is 0 Å². The first kappa shape index (κ1) is 16.5. The van der Waals surface area contributed by atoms with Gasteiger partial charge in [-0.1, -0.05) is 18.2 Å². The van der Waals surface area contributed by atoms with Crippen LogP contribution in [0.5, 0.6) is 0 Å². The first-order chi connectivity index (χ1) is 10.2. The highest BCUT2D eigenvalue weighted by atomic mass is 32.2. The Labute approximate surface area is 129 Å². The quantitative estimate of drug-likeness (QED) is 0.854. The summed E-state index contributed by atoms with van der Waals surface area (Å²) < 4.78 is 45.3. The molecule has 0 aliphatic rings. The van der Waals surface area contributed by atoms with Gasteiger partial charge in [0.15, 0.2) is 9.84 Å². The fourth-order valence-electron chi connectivity index (χ4n) is 1.84. The molecule has 0 atom stereocenters. The molecule has 118 valence electrons. The van der Waals surface area contributed by atoms with Crippen molar-refractivity contribution >= 4 is 25.5 Å². The van der Waals surface area contributed by atoms with Crippen molar-refractivity contribution in [3.8, 4) is 0 Å². The monoisotopic (exact) mass is 340 g/mol. The van der Waals surface area contributed by atoms with Crippen molar-refractivity contribution in [3.05, 3.63) is 54.1 Å². The van der Waals surface area contributed by atoms with E-state index >= 15 is 0 Å². The average molecular weight is 340 g/mol. The molecule has 22 heavy (non-hydrogen) atoms. The van der Waals surface area contributed by atoms with Crippen molar-refractivity contribution in [1.82, 2.24) is 0 Å². The van der Waals surface area contributed by atoms with E-state index in [1.54, 1.807) is 24.3 Å². The molecule has 0 aliphatic carbocycles. The van der Waals surface area contributed by atoms with Gasteiger partial charge in [-0.3, -0.25) is 0 Å². The van der Waals surface area contributed by atoms with Gasteiger partial charge < -0.3 is 5.32 Å². The van der Waals surface area contributed by atoms with Crippen molar-refractivity contribution in [1.29, 1.82) is 0 Å². The number of nitrogens with two attached hydrogens (primary N) is 1. The zero-order valence-corrected chi connectivity index (χ0v) is 13.5. The second-order valence-electron chi connectivity index (χ2n) is 4.84. The van der Waals surface area contributed by atoms with Gasteiger partial charge in [0.2, 0.25) is 10.0 Å². The summed E-state index contributed by atoms with van der Waals surface area (Å²) in [7, 11) is -6.95. The summed E-state index contributed by atoms with van der Waals surface area (Å²) >= 11 is 0. The van der Waals surface area contributed by atoms with Crippen LogP contribution in [0.3, 0.4) is 0 Å². The molecule has 0 aliphatic heterocycles. The Morgan fingerprint density at radius 3 is 2.14 bits per heavy atom. The number of benzene rings is 2. The van der Waals surface area contributed by atoms with Crippen LogP contribution in [-0.2, 0) is 26.4 Å². The molecule has 2 aromatic carbocycles. The molecule has 0 radical (unpaired) electrons. The zero-order chi connectivity index (χ0) is 16.4. The third-order valence-corrected chi connectivity index (χ3v) is 5.05.